The van der Waals surface area contributed by atoms with Gasteiger partial charge >= 0.3 is 0 Å². The number of nitrogens with one attached hydrogen (secondary N) is 2. The molecule has 0 amide bonds. The molecule has 2 aromatic carbocycles. The predicted octanol–water partition coefficient (Wildman–Crippen LogP) is 3.64. The highest BCUT2D eigenvalue weighted by Gasteiger charge is 2.24. The molecule has 3 heterocycles. The summed E-state index contributed by atoms with van der Waals surface area (Å²) in [5.74, 6) is 0.884. The molecule has 2 aromatic heterocycles. The molecule has 4 aromatic rings. The lowest BCUT2D eigenvalue weighted by Gasteiger charge is -2.15. The number of para-hydroxylation sites is 1. The first-order valence-electron chi connectivity index (χ1n) is 12.3. The number of nitrogen functional groups attached to an aromatic ring is 1. The smallest absolute Gasteiger partial charge is 0.279 e. The fourth-order valence-electron chi connectivity index (χ4n) is 4.56. The Bertz CT molecular complexity index is 1380. The maximum Gasteiger partial charge on any atom is 0.279 e. The van der Waals surface area contributed by atoms with E-state index < -0.39 is 0 Å². The van der Waals surface area contributed by atoms with E-state index in [1.165, 1.54) is 0 Å². The maximum atomic E-state index is 13.3. The number of hydrogen-bond donors (Lipinski definition) is 3. The molecule has 0 bridgehead atoms. The predicted molar refractivity (Wildman–Crippen MR) is 145 cm³/mol. The first-order valence-corrected chi connectivity index (χ1v) is 12.3. The molecule has 8 nitrogen and oxygen atoms in total. The van der Waals surface area contributed by atoms with E-state index in [0.717, 1.165) is 41.9 Å². The summed E-state index contributed by atoms with van der Waals surface area (Å²) in [7, 11) is 1.76. The van der Waals surface area contributed by atoms with E-state index in [2.05, 4.69) is 15.6 Å². The lowest BCUT2D eigenvalue weighted by Crippen LogP contribution is -2.31. The van der Waals surface area contributed by atoms with Gasteiger partial charge in [0, 0.05) is 30.5 Å². The minimum atomic E-state index is -0.168. The summed E-state index contributed by atoms with van der Waals surface area (Å²) in [6, 6.07) is 24.0. The van der Waals surface area contributed by atoms with Crippen LogP contribution in [0.1, 0.15) is 24.0 Å². The van der Waals surface area contributed by atoms with Gasteiger partial charge in [0.25, 0.3) is 5.56 Å². The highest BCUT2D eigenvalue weighted by molar-refractivity contribution is 6.10. The van der Waals surface area contributed by atoms with Crippen molar-refractivity contribution in [2.24, 2.45) is 12.0 Å². The Kier molecular flexibility index (Phi) is 6.95. The summed E-state index contributed by atoms with van der Waals surface area (Å²) >= 11 is 0. The SMILES string of the molecule is Cn1c(=O)c(C(=NCc2ccc(-c3ccccn3)cc2)Nc2ccccc2)c(N)n1CC1CCCN1. The van der Waals surface area contributed by atoms with Crippen molar-refractivity contribution in [3.05, 3.63) is 100 Å². The largest absolute Gasteiger partial charge is 0.383 e. The molecule has 1 atom stereocenters. The molecule has 0 radical (unpaired) electrons. The van der Waals surface area contributed by atoms with Gasteiger partial charge < -0.3 is 16.4 Å². The minimum Gasteiger partial charge on any atom is -0.383 e. The van der Waals surface area contributed by atoms with Gasteiger partial charge in [0.05, 0.1) is 18.8 Å². The fraction of sp³-hybridized carbons (Fsp3) is 0.250. The van der Waals surface area contributed by atoms with E-state index in [1.807, 2.05) is 77.5 Å². The Morgan fingerprint density at radius 1 is 1.11 bits per heavy atom. The van der Waals surface area contributed by atoms with Gasteiger partial charge in [0.2, 0.25) is 0 Å². The molecule has 0 spiro atoms. The molecule has 0 aliphatic carbocycles. The van der Waals surface area contributed by atoms with Crippen molar-refractivity contribution in [3.8, 4) is 11.3 Å². The normalized spacial score (nSPS) is 15.8. The van der Waals surface area contributed by atoms with Crippen molar-refractivity contribution in [1.29, 1.82) is 0 Å². The Morgan fingerprint density at radius 2 is 1.89 bits per heavy atom. The van der Waals surface area contributed by atoms with Crippen LogP contribution in [0.4, 0.5) is 11.5 Å². The van der Waals surface area contributed by atoms with Crippen LogP contribution < -0.4 is 21.9 Å². The second-order valence-corrected chi connectivity index (χ2v) is 9.03. The van der Waals surface area contributed by atoms with Crippen LogP contribution in [0.15, 0.2) is 88.8 Å². The highest BCUT2D eigenvalue weighted by atomic mass is 16.1. The van der Waals surface area contributed by atoms with Crippen LogP contribution >= 0.6 is 0 Å². The van der Waals surface area contributed by atoms with Gasteiger partial charge in [-0.05, 0) is 49.2 Å². The van der Waals surface area contributed by atoms with Gasteiger partial charge in [-0.25, -0.2) is 0 Å². The van der Waals surface area contributed by atoms with Crippen molar-refractivity contribution < 1.29 is 0 Å². The van der Waals surface area contributed by atoms with Crippen molar-refractivity contribution in [2.75, 3.05) is 17.6 Å². The molecular formula is C28H31N7O. The quantitative estimate of drug-likeness (QED) is 0.276. The van der Waals surface area contributed by atoms with Crippen LogP contribution in [0.25, 0.3) is 11.3 Å². The van der Waals surface area contributed by atoms with Gasteiger partial charge in [-0.2, -0.15) is 0 Å². The minimum absolute atomic E-state index is 0.168. The summed E-state index contributed by atoms with van der Waals surface area (Å²) in [4.78, 5) is 22.6. The molecule has 0 saturated carbocycles. The molecule has 1 aliphatic heterocycles. The molecule has 5 rings (SSSR count). The molecular weight excluding hydrogens is 450 g/mol. The van der Waals surface area contributed by atoms with Crippen LogP contribution in [0.5, 0.6) is 0 Å². The number of anilines is 2. The monoisotopic (exact) mass is 481 g/mol. The van der Waals surface area contributed by atoms with E-state index in [9.17, 15) is 4.79 Å². The zero-order valence-corrected chi connectivity index (χ0v) is 20.4. The summed E-state index contributed by atoms with van der Waals surface area (Å²) in [5.41, 5.74) is 10.6. The van der Waals surface area contributed by atoms with Gasteiger partial charge in [-0.3, -0.25) is 24.1 Å². The Labute approximate surface area is 210 Å². The number of benzene rings is 2. The number of rotatable bonds is 7. The number of nitrogens with two attached hydrogens (primary N) is 1. The van der Waals surface area contributed by atoms with Crippen LogP contribution in [-0.4, -0.2) is 32.8 Å². The van der Waals surface area contributed by atoms with Crippen LogP contribution in [0.2, 0.25) is 0 Å². The number of amidine groups is 1. The fourth-order valence-corrected chi connectivity index (χ4v) is 4.56. The summed E-state index contributed by atoms with van der Waals surface area (Å²) in [6.07, 6.45) is 3.99. The standard InChI is InChI=1S/C28H31N7O/c1-34-28(36)25(26(29)35(34)19-23-10-7-17-30-23)27(33-22-8-3-2-4-9-22)32-18-20-12-14-21(15-13-20)24-11-5-6-16-31-24/h2-6,8-9,11-16,23,30H,7,10,17-19,29H2,1H3,(H,32,33). The van der Waals surface area contributed by atoms with Crippen LogP contribution in [-0.2, 0) is 20.1 Å². The van der Waals surface area contributed by atoms with E-state index >= 15 is 0 Å². The zero-order valence-electron chi connectivity index (χ0n) is 20.4. The summed E-state index contributed by atoms with van der Waals surface area (Å²) < 4.78 is 3.44. The van der Waals surface area contributed by atoms with Crippen LogP contribution in [0, 0.1) is 0 Å². The van der Waals surface area contributed by atoms with Gasteiger partial charge in [-0.1, -0.05) is 48.5 Å². The van der Waals surface area contributed by atoms with Crippen molar-refractivity contribution in [2.45, 2.75) is 32.0 Å². The second-order valence-electron chi connectivity index (χ2n) is 9.03. The Morgan fingerprint density at radius 3 is 2.58 bits per heavy atom. The first-order chi connectivity index (χ1) is 17.6. The molecule has 1 fully saturated rings. The lowest BCUT2D eigenvalue weighted by atomic mass is 10.1. The first kappa shape index (κ1) is 23.6. The maximum absolute atomic E-state index is 13.3. The van der Waals surface area contributed by atoms with Crippen molar-refractivity contribution in [3.63, 3.8) is 0 Å². The summed E-state index contributed by atoms with van der Waals surface area (Å²) in [5, 5.41) is 6.81. The third-order valence-corrected chi connectivity index (χ3v) is 6.57. The Balaban J connectivity index is 1.46. The van der Waals surface area contributed by atoms with E-state index in [1.54, 1.807) is 17.9 Å². The van der Waals surface area contributed by atoms with Crippen molar-refractivity contribution >= 4 is 17.3 Å². The van der Waals surface area contributed by atoms with Gasteiger partial charge in [0.15, 0.2) is 0 Å². The van der Waals surface area contributed by atoms with Crippen molar-refractivity contribution in [1.82, 2.24) is 19.7 Å². The summed E-state index contributed by atoms with van der Waals surface area (Å²) in [6.45, 7) is 2.04. The molecule has 184 valence electrons. The van der Waals surface area contributed by atoms with E-state index in [4.69, 9.17) is 10.7 Å². The average molecular weight is 482 g/mol. The lowest BCUT2D eigenvalue weighted by molar-refractivity contribution is 0.427. The van der Waals surface area contributed by atoms with E-state index in [-0.39, 0.29) is 5.56 Å². The molecule has 1 unspecified atom stereocenters. The highest BCUT2D eigenvalue weighted by Crippen LogP contribution is 2.19. The third-order valence-electron chi connectivity index (χ3n) is 6.57. The molecule has 4 N–H and O–H groups in total. The molecule has 1 aliphatic rings. The second kappa shape index (κ2) is 10.6. The Hall–Kier alpha value is -4.17. The van der Waals surface area contributed by atoms with Gasteiger partial charge in [0.1, 0.15) is 17.2 Å². The van der Waals surface area contributed by atoms with Crippen LogP contribution in [0.3, 0.4) is 0 Å². The molecule has 36 heavy (non-hydrogen) atoms. The third kappa shape index (κ3) is 5.08. The average Bonchev–Trinajstić information content (AvgIpc) is 3.51. The number of aromatic nitrogens is 3. The van der Waals surface area contributed by atoms with Gasteiger partial charge in [-0.15, -0.1) is 0 Å². The number of nitrogens with zero attached hydrogens (tertiary/aromatic N) is 4. The topological polar surface area (TPSA) is 102 Å². The number of hydrogen-bond acceptors (Lipinski definition) is 5. The molecule has 1 saturated heterocycles. The number of aliphatic imine (C=N–C) groups is 1. The number of pyridine rings is 1. The zero-order chi connectivity index (χ0) is 24.9. The molecule has 8 heteroatoms. The van der Waals surface area contributed by atoms with E-state index in [0.29, 0.717) is 36.3 Å².